The predicted molar refractivity (Wildman–Crippen MR) is 87.8 cm³/mol. The summed E-state index contributed by atoms with van der Waals surface area (Å²) in [5, 5.41) is 0. The number of carbonyl (C=O) groups excluding carboxylic acids is 1. The predicted octanol–water partition coefficient (Wildman–Crippen LogP) is 4.06. The number of amides is 1. The van der Waals surface area contributed by atoms with Gasteiger partial charge in [-0.2, -0.15) is 0 Å². The van der Waals surface area contributed by atoms with Crippen molar-refractivity contribution in [2.75, 3.05) is 0 Å². The molecule has 0 N–H and O–H groups in total. The third kappa shape index (κ3) is 3.79. The average molecular weight is 365 g/mol. The molecule has 5 nitrogen and oxygen atoms in total. The first-order chi connectivity index (χ1) is 12.3. The van der Waals surface area contributed by atoms with Gasteiger partial charge in [0.05, 0.1) is 18.0 Å². The van der Waals surface area contributed by atoms with Gasteiger partial charge in [-0.3, -0.25) is 4.79 Å². The molecule has 1 aliphatic rings. The molecule has 2 aromatic rings. The van der Waals surface area contributed by atoms with Crippen LogP contribution in [0.25, 0.3) is 0 Å². The summed E-state index contributed by atoms with van der Waals surface area (Å²) < 4.78 is 45.9. The molecular formula is C18H18F3N3O2. The molecule has 1 aromatic heterocycles. The fraction of sp³-hybridized carbons (Fsp3) is 0.389. The van der Waals surface area contributed by atoms with E-state index in [9.17, 15) is 18.0 Å². The first-order valence-corrected chi connectivity index (χ1v) is 8.20. The van der Waals surface area contributed by atoms with Gasteiger partial charge in [0.1, 0.15) is 17.9 Å². The number of nitrogens with zero attached hydrogens (tertiary/aromatic N) is 3. The number of hydrogen-bond donors (Lipinski definition) is 0. The molecule has 1 aromatic carbocycles. The maximum atomic E-state index is 13.8. The lowest BCUT2D eigenvalue weighted by Crippen LogP contribution is -2.55. The van der Waals surface area contributed by atoms with Crippen molar-refractivity contribution < 1.29 is 22.7 Å². The molecule has 0 spiro atoms. The van der Waals surface area contributed by atoms with Gasteiger partial charge in [-0.15, -0.1) is 0 Å². The average Bonchev–Trinajstić information content (AvgIpc) is 2.55. The molecule has 0 saturated heterocycles. The standard InChI is InChI=1S/C18H18F3N3O2/c1-11(2)24(13-6-18(20,21)7-13)17(25)15-5-12(19)3-4-16(15)26-14-8-22-10-23-9-14/h3-5,8-11,13H,6-7H2,1-2H3. The van der Waals surface area contributed by atoms with E-state index < -0.39 is 36.5 Å². The monoisotopic (exact) mass is 365 g/mol. The summed E-state index contributed by atoms with van der Waals surface area (Å²) in [5.74, 6) is -3.54. The maximum absolute atomic E-state index is 13.8. The van der Waals surface area contributed by atoms with Gasteiger partial charge >= 0.3 is 0 Å². The lowest BCUT2D eigenvalue weighted by molar-refractivity contribution is -0.120. The Morgan fingerprint density at radius 3 is 2.50 bits per heavy atom. The van der Waals surface area contributed by atoms with Gasteiger partial charge in [-0.05, 0) is 32.0 Å². The third-order valence-corrected chi connectivity index (χ3v) is 4.19. The van der Waals surface area contributed by atoms with E-state index >= 15 is 0 Å². The van der Waals surface area contributed by atoms with Crippen LogP contribution >= 0.6 is 0 Å². The Balaban J connectivity index is 1.91. The normalized spacial score (nSPS) is 16.2. The first-order valence-electron chi connectivity index (χ1n) is 8.20. The highest BCUT2D eigenvalue weighted by molar-refractivity contribution is 5.97. The molecule has 0 unspecified atom stereocenters. The van der Waals surface area contributed by atoms with Crippen LogP contribution in [0.2, 0.25) is 0 Å². The minimum absolute atomic E-state index is 0.0298. The second kappa shape index (κ2) is 6.93. The van der Waals surface area contributed by atoms with Crippen LogP contribution in [0, 0.1) is 5.82 Å². The third-order valence-electron chi connectivity index (χ3n) is 4.19. The Kier molecular flexibility index (Phi) is 4.84. The summed E-state index contributed by atoms with van der Waals surface area (Å²) in [7, 11) is 0. The van der Waals surface area contributed by atoms with E-state index in [1.807, 2.05) is 0 Å². The largest absolute Gasteiger partial charge is 0.453 e. The van der Waals surface area contributed by atoms with Gasteiger partial charge in [0.2, 0.25) is 0 Å². The molecule has 1 amide bonds. The number of alkyl halides is 2. The number of carbonyl (C=O) groups is 1. The summed E-state index contributed by atoms with van der Waals surface area (Å²) in [6.45, 7) is 3.47. The molecule has 26 heavy (non-hydrogen) atoms. The topological polar surface area (TPSA) is 55.3 Å². The smallest absolute Gasteiger partial charge is 0.258 e. The summed E-state index contributed by atoms with van der Waals surface area (Å²) in [5.41, 5.74) is -0.0298. The van der Waals surface area contributed by atoms with E-state index in [0.29, 0.717) is 0 Å². The Labute approximate surface area is 148 Å². The van der Waals surface area contributed by atoms with Gasteiger partial charge in [0.25, 0.3) is 11.8 Å². The quantitative estimate of drug-likeness (QED) is 0.802. The Morgan fingerprint density at radius 2 is 1.92 bits per heavy atom. The second-order valence-electron chi connectivity index (χ2n) is 6.54. The van der Waals surface area contributed by atoms with Crippen molar-refractivity contribution in [3.63, 3.8) is 0 Å². The summed E-state index contributed by atoms with van der Waals surface area (Å²) >= 11 is 0. The van der Waals surface area contributed by atoms with E-state index in [4.69, 9.17) is 4.74 Å². The zero-order valence-electron chi connectivity index (χ0n) is 14.3. The first kappa shape index (κ1) is 18.2. The fourth-order valence-electron chi connectivity index (χ4n) is 3.01. The number of rotatable bonds is 5. The van der Waals surface area contributed by atoms with Crippen LogP contribution < -0.4 is 4.74 Å². The van der Waals surface area contributed by atoms with Crippen LogP contribution in [0.3, 0.4) is 0 Å². The van der Waals surface area contributed by atoms with Crippen molar-refractivity contribution in [1.82, 2.24) is 14.9 Å². The van der Waals surface area contributed by atoms with E-state index in [-0.39, 0.29) is 23.1 Å². The van der Waals surface area contributed by atoms with E-state index in [2.05, 4.69) is 9.97 Å². The highest BCUT2D eigenvalue weighted by Crippen LogP contribution is 2.42. The summed E-state index contributed by atoms with van der Waals surface area (Å²) in [6, 6.07) is 2.62. The van der Waals surface area contributed by atoms with Crippen LogP contribution in [-0.4, -0.2) is 38.8 Å². The minimum Gasteiger partial charge on any atom is -0.453 e. The zero-order chi connectivity index (χ0) is 18.9. The molecule has 0 bridgehead atoms. The fourth-order valence-corrected chi connectivity index (χ4v) is 3.01. The van der Waals surface area contributed by atoms with Crippen molar-refractivity contribution in [2.24, 2.45) is 0 Å². The molecule has 8 heteroatoms. The van der Waals surface area contributed by atoms with Crippen molar-refractivity contribution in [3.8, 4) is 11.5 Å². The lowest BCUT2D eigenvalue weighted by Gasteiger charge is -2.44. The van der Waals surface area contributed by atoms with Crippen LogP contribution in [0.5, 0.6) is 11.5 Å². The summed E-state index contributed by atoms with van der Waals surface area (Å²) in [6.07, 6.45) is 3.33. The Hall–Kier alpha value is -2.64. The van der Waals surface area contributed by atoms with Crippen molar-refractivity contribution >= 4 is 5.91 Å². The molecule has 1 fully saturated rings. The van der Waals surface area contributed by atoms with Crippen molar-refractivity contribution in [1.29, 1.82) is 0 Å². The van der Waals surface area contributed by atoms with Crippen LogP contribution in [-0.2, 0) is 0 Å². The Morgan fingerprint density at radius 1 is 1.27 bits per heavy atom. The SMILES string of the molecule is CC(C)N(C(=O)c1cc(F)ccc1Oc1cncnc1)C1CC(F)(F)C1. The van der Waals surface area contributed by atoms with Gasteiger partial charge in [0, 0.05) is 24.9 Å². The molecule has 1 saturated carbocycles. The summed E-state index contributed by atoms with van der Waals surface area (Å²) in [4.78, 5) is 22.0. The van der Waals surface area contributed by atoms with Gasteiger partial charge in [-0.25, -0.2) is 23.1 Å². The van der Waals surface area contributed by atoms with Crippen molar-refractivity contribution in [3.05, 3.63) is 48.3 Å². The lowest BCUT2D eigenvalue weighted by atomic mass is 9.85. The zero-order valence-corrected chi connectivity index (χ0v) is 14.3. The molecule has 138 valence electrons. The van der Waals surface area contributed by atoms with Gasteiger partial charge < -0.3 is 9.64 Å². The molecule has 1 aliphatic carbocycles. The minimum atomic E-state index is -2.76. The van der Waals surface area contributed by atoms with E-state index in [1.54, 1.807) is 13.8 Å². The molecule has 1 heterocycles. The number of benzene rings is 1. The highest BCUT2D eigenvalue weighted by atomic mass is 19.3. The number of ether oxygens (including phenoxy) is 1. The van der Waals surface area contributed by atoms with Gasteiger partial charge in [0.15, 0.2) is 5.75 Å². The van der Waals surface area contributed by atoms with Gasteiger partial charge in [-0.1, -0.05) is 0 Å². The molecule has 0 atom stereocenters. The van der Waals surface area contributed by atoms with E-state index in [1.165, 1.54) is 29.7 Å². The highest BCUT2D eigenvalue weighted by Gasteiger charge is 2.50. The van der Waals surface area contributed by atoms with Crippen LogP contribution in [0.1, 0.15) is 37.0 Å². The van der Waals surface area contributed by atoms with E-state index in [0.717, 1.165) is 12.1 Å². The van der Waals surface area contributed by atoms with Crippen molar-refractivity contribution in [2.45, 2.75) is 44.7 Å². The molecule has 0 radical (unpaired) electrons. The maximum Gasteiger partial charge on any atom is 0.258 e. The molecular weight excluding hydrogens is 347 g/mol. The number of halogens is 3. The number of aromatic nitrogens is 2. The molecule has 3 rings (SSSR count). The Bertz CT molecular complexity index is 792. The van der Waals surface area contributed by atoms with Crippen LogP contribution in [0.4, 0.5) is 13.2 Å². The molecule has 0 aliphatic heterocycles. The number of hydrogen-bond acceptors (Lipinski definition) is 4. The second-order valence-corrected chi connectivity index (χ2v) is 6.54. The van der Waals surface area contributed by atoms with Crippen LogP contribution in [0.15, 0.2) is 36.9 Å².